The number of likely N-dealkylation sites (N-methyl/N-ethyl adjacent to an activating group) is 1. The van der Waals surface area contributed by atoms with Crippen molar-refractivity contribution in [3.05, 3.63) is 57.3 Å². The van der Waals surface area contributed by atoms with Gasteiger partial charge in [0.2, 0.25) is 0 Å². The van der Waals surface area contributed by atoms with E-state index in [1.165, 1.54) is 11.1 Å². The van der Waals surface area contributed by atoms with Gasteiger partial charge in [-0.3, -0.25) is 4.98 Å². The smallest absolute Gasteiger partial charge is 0.119 e. The number of ether oxygens (including phenoxy) is 1. The van der Waals surface area contributed by atoms with Crippen molar-refractivity contribution >= 4 is 15.9 Å². The fourth-order valence-electron chi connectivity index (χ4n) is 2.49. The first kappa shape index (κ1) is 16.0. The van der Waals surface area contributed by atoms with Crippen molar-refractivity contribution in [2.24, 2.45) is 0 Å². The summed E-state index contributed by atoms with van der Waals surface area (Å²) in [7, 11) is 3.68. The van der Waals surface area contributed by atoms with Crippen LogP contribution in [0.25, 0.3) is 0 Å². The third-order valence-electron chi connectivity index (χ3n) is 3.67. The number of nitrogens with zero attached hydrogens (tertiary/aromatic N) is 1. The Morgan fingerprint density at radius 2 is 2.00 bits per heavy atom. The molecule has 0 saturated carbocycles. The molecule has 2 aromatic rings. The van der Waals surface area contributed by atoms with Gasteiger partial charge in [0.1, 0.15) is 5.75 Å². The van der Waals surface area contributed by atoms with E-state index in [1.807, 2.05) is 26.1 Å². The van der Waals surface area contributed by atoms with Crippen LogP contribution in [0.2, 0.25) is 0 Å². The molecule has 1 atom stereocenters. The molecule has 0 spiro atoms. The SMILES string of the molecule is CNC(Cc1cc(OC)ccc1Br)c1ccc(C)nc1C. The molecule has 21 heavy (non-hydrogen) atoms. The molecular formula is C17H21BrN2O. The van der Waals surface area contributed by atoms with Crippen LogP contribution in [-0.2, 0) is 6.42 Å². The van der Waals surface area contributed by atoms with Crippen LogP contribution in [0.4, 0.5) is 0 Å². The molecule has 1 aromatic carbocycles. The summed E-state index contributed by atoms with van der Waals surface area (Å²) in [5.41, 5.74) is 4.58. The molecular weight excluding hydrogens is 328 g/mol. The van der Waals surface area contributed by atoms with Crippen LogP contribution >= 0.6 is 15.9 Å². The number of methoxy groups -OCH3 is 1. The van der Waals surface area contributed by atoms with Crippen molar-refractivity contribution in [1.29, 1.82) is 0 Å². The second-order valence-corrected chi connectivity index (χ2v) is 5.98. The maximum Gasteiger partial charge on any atom is 0.119 e. The van der Waals surface area contributed by atoms with Gasteiger partial charge in [-0.05, 0) is 62.7 Å². The maximum atomic E-state index is 5.32. The van der Waals surface area contributed by atoms with Gasteiger partial charge in [0.15, 0.2) is 0 Å². The molecule has 0 amide bonds. The first-order valence-corrected chi connectivity index (χ1v) is 7.78. The fraction of sp³-hybridized carbons (Fsp3) is 0.353. The lowest BCUT2D eigenvalue weighted by atomic mass is 9.97. The van der Waals surface area contributed by atoms with Gasteiger partial charge in [-0.25, -0.2) is 0 Å². The third kappa shape index (κ3) is 3.83. The van der Waals surface area contributed by atoms with Crippen molar-refractivity contribution in [2.45, 2.75) is 26.3 Å². The number of nitrogens with one attached hydrogen (secondary N) is 1. The molecule has 0 aliphatic heterocycles. The highest BCUT2D eigenvalue weighted by molar-refractivity contribution is 9.10. The van der Waals surface area contributed by atoms with Gasteiger partial charge in [0.25, 0.3) is 0 Å². The second kappa shape index (κ2) is 7.05. The molecule has 1 aromatic heterocycles. The Kier molecular flexibility index (Phi) is 5.37. The topological polar surface area (TPSA) is 34.1 Å². The van der Waals surface area contributed by atoms with E-state index in [0.717, 1.165) is 28.0 Å². The molecule has 112 valence electrons. The highest BCUT2D eigenvalue weighted by Gasteiger charge is 2.15. The Morgan fingerprint density at radius 1 is 1.24 bits per heavy atom. The predicted molar refractivity (Wildman–Crippen MR) is 89.9 cm³/mol. The molecule has 0 radical (unpaired) electrons. The molecule has 4 heteroatoms. The Balaban J connectivity index is 2.30. The van der Waals surface area contributed by atoms with E-state index in [0.29, 0.717) is 0 Å². The summed E-state index contributed by atoms with van der Waals surface area (Å²) >= 11 is 3.62. The van der Waals surface area contributed by atoms with Gasteiger partial charge in [-0.15, -0.1) is 0 Å². The van der Waals surface area contributed by atoms with Gasteiger partial charge in [0, 0.05) is 21.9 Å². The molecule has 0 fully saturated rings. The largest absolute Gasteiger partial charge is 0.497 e. The highest BCUT2D eigenvalue weighted by Crippen LogP contribution is 2.28. The number of aromatic nitrogens is 1. The van der Waals surface area contributed by atoms with Crippen molar-refractivity contribution < 1.29 is 4.74 Å². The van der Waals surface area contributed by atoms with Crippen LogP contribution in [-0.4, -0.2) is 19.1 Å². The quantitative estimate of drug-likeness (QED) is 0.887. The summed E-state index contributed by atoms with van der Waals surface area (Å²) in [5.74, 6) is 0.877. The highest BCUT2D eigenvalue weighted by atomic mass is 79.9. The lowest BCUT2D eigenvalue weighted by Crippen LogP contribution is -2.20. The number of pyridine rings is 1. The summed E-state index contributed by atoms with van der Waals surface area (Å²) in [6, 6.07) is 10.5. The van der Waals surface area contributed by atoms with E-state index >= 15 is 0 Å². The Morgan fingerprint density at radius 3 is 2.62 bits per heavy atom. The summed E-state index contributed by atoms with van der Waals surface area (Å²) in [4.78, 5) is 4.56. The predicted octanol–water partition coefficient (Wildman–Crippen LogP) is 3.97. The number of aryl methyl sites for hydroxylation is 2. The molecule has 0 aliphatic carbocycles. The number of halogens is 1. The minimum absolute atomic E-state index is 0.224. The second-order valence-electron chi connectivity index (χ2n) is 5.13. The monoisotopic (exact) mass is 348 g/mol. The fourth-order valence-corrected chi connectivity index (χ4v) is 2.90. The summed E-state index contributed by atoms with van der Waals surface area (Å²) in [6.07, 6.45) is 0.875. The molecule has 0 aliphatic rings. The molecule has 2 rings (SSSR count). The van der Waals surface area contributed by atoms with E-state index < -0.39 is 0 Å². The van der Waals surface area contributed by atoms with E-state index in [4.69, 9.17) is 4.74 Å². The molecule has 1 N–H and O–H groups in total. The van der Waals surface area contributed by atoms with Crippen LogP contribution < -0.4 is 10.1 Å². The standard InChI is InChI=1S/C17H21BrN2O/c1-11-5-7-15(12(2)20-11)17(19-3)10-13-9-14(21-4)6-8-16(13)18/h5-9,17,19H,10H2,1-4H3. The van der Waals surface area contributed by atoms with Crippen LogP contribution in [0.1, 0.15) is 28.6 Å². The van der Waals surface area contributed by atoms with Crippen molar-refractivity contribution in [2.75, 3.05) is 14.2 Å². The van der Waals surface area contributed by atoms with Gasteiger partial charge < -0.3 is 10.1 Å². The lowest BCUT2D eigenvalue weighted by Gasteiger charge is -2.20. The first-order chi connectivity index (χ1) is 10.0. The summed E-state index contributed by atoms with van der Waals surface area (Å²) < 4.78 is 6.42. The lowest BCUT2D eigenvalue weighted by molar-refractivity contribution is 0.413. The number of hydrogen-bond donors (Lipinski definition) is 1. The Hall–Kier alpha value is -1.39. The zero-order chi connectivity index (χ0) is 15.4. The van der Waals surface area contributed by atoms with Crippen molar-refractivity contribution in [1.82, 2.24) is 10.3 Å². The number of hydrogen-bond acceptors (Lipinski definition) is 3. The normalized spacial score (nSPS) is 12.2. The first-order valence-electron chi connectivity index (χ1n) is 6.99. The molecule has 0 saturated heterocycles. The number of benzene rings is 1. The zero-order valence-electron chi connectivity index (χ0n) is 12.9. The van der Waals surface area contributed by atoms with Gasteiger partial charge in [-0.1, -0.05) is 22.0 Å². The van der Waals surface area contributed by atoms with Crippen LogP contribution in [0.3, 0.4) is 0 Å². The minimum Gasteiger partial charge on any atom is -0.497 e. The van der Waals surface area contributed by atoms with Gasteiger partial charge in [0.05, 0.1) is 7.11 Å². The summed E-state index contributed by atoms with van der Waals surface area (Å²) in [5, 5.41) is 3.39. The average molecular weight is 349 g/mol. The Bertz CT molecular complexity index is 628. The van der Waals surface area contributed by atoms with Crippen LogP contribution in [0, 0.1) is 13.8 Å². The average Bonchev–Trinajstić information content (AvgIpc) is 2.47. The third-order valence-corrected chi connectivity index (χ3v) is 4.44. The zero-order valence-corrected chi connectivity index (χ0v) is 14.5. The van der Waals surface area contributed by atoms with E-state index in [2.05, 4.69) is 51.4 Å². The van der Waals surface area contributed by atoms with E-state index in [1.54, 1.807) is 7.11 Å². The van der Waals surface area contributed by atoms with Gasteiger partial charge >= 0.3 is 0 Å². The van der Waals surface area contributed by atoms with Crippen molar-refractivity contribution in [3.8, 4) is 5.75 Å². The van der Waals surface area contributed by atoms with E-state index in [9.17, 15) is 0 Å². The van der Waals surface area contributed by atoms with Crippen LogP contribution in [0.5, 0.6) is 5.75 Å². The van der Waals surface area contributed by atoms with Gasteiger partial charge in [-0.2, -0.15) is 0 Å². The molecule has 1 heterocycles. The Labute approximate surface area is 134 Å². The molecule has 3 nitrogen and oxygen atoms in total. The van der Waals surface area contributed by atoms with E-state index in [-0.39, 0.29) is 6.04 Å². The van der Waals surface area contributed by atoms with Crippen molar-refractivity contribution in [3.63, 3.8) is 0 Å². The molecule has 0 bridgehead atoms. The van der Waals surface area contributed by atoms with Crippen LogP contribution in [0.15, 0.2) is 34.8 Å². The minimum atomic E-state index is 0.224. The maximum absolute atomic E-state index is 5.32. The molecule has 1 unspecified atom stereocenters. The number of rotatable bonds is 5. The summed E-state index contributed by atoms with van der Waals surface area (Å²) in [6.45, 7) is 4.08.